The van der Waals surface area contributed by atoms with Gasteiger partial charge < -0.3 is 5.32 Å². The van der Waals surface area contributed by atoms with Crippen molar-refractivity contribution in [3.63, 3.8) is 0 Å². The molecule has 1 aromatic heterocycles. The first-order valence-electron chi connectivity index (χ1n) is 4.59. The lowest BCUT2D eigenvalue weighted by atomic mass is 10.1. The number of carbonyl (C=O) groups excluding carboxylic acids is 1. The Bertz CT molecular complexity index is 478. The smallest absolute Gasteiger partial charge is 0.287 e. The van der Waals surface area contributed by atoms with Gasteiger partial charge in [0.05, 0.1) is 11.1 Å². The molecule has 1 aromatic rings. The maximum absolute atomic E-state index is 11.1. The Morgan fingerprint density at radius 3 is 3.12 bits per heavy atom. The van der Waals surface area contributed by atoms with Crippen LogP contribution in [0.4, 0.5) is 5.95 Å². The van der Waals surface area contributed by atoms with Crippen molar-refractivity contribution in [1.82, 2.24) is 14.8 Å². The molecular formula is C8H9N5O3. The number of nitro groups is 1. The van der Waals surface area contributed by atoms with Crippen LogP contribution in [0, 0.1) is 10.1 Å². The van der Waals surface area contributed by atoms with Crippen LogP contribution in [0.15, 0.2) is 18.2 Å². The second kappa shape index (κ2) is 3.72. The number of Topliss-reactive ketones (excluding diaryl/α,β-unsaturated/α-hetero) is 1. The van der Waals surface area contributed by atoms with E-state index in [1.54, 1.807) is 0 Å². The molecule has 0 spiro atoms. The molecule has 0 aliphatic carbocycles. The van der Waals surface area contributed by atoms with Crippen molar-refractivity contribution >= 4 is 11.7 Å². The van der Waals surface area contributed by atoms with Crippen LogP contribution in [0.25, 0.3) is 0 Å². The lowest BCUT2D eigenvalue weighted by molar-refractivity contribution is -0.433. The summed E-state index contributed by atoms with van der Waals surface area (Å²) in [7, 11) is 0. The second-order valence-electron chi connectivity index (χ2n) is 3.42. The van der Waals surface area contributed by atoms with Gasteiger partial charge >= 0.3 is 0 Å². The average Bonchev–Trinajstić information content (AvgIpc) is 2.64. The summed E-state index contributed by atoms with van der Waals surface area (Å²) in [4.78, 5) is 25.2. The number of allylic oxidation sites excluding steroid dienone is 1. The van der Waals surface area contributed by atoms with Gasteiger partial charge in [0.1, 0.15) is 12.1 Å². The summed E-state index contributed by atoms with van der Waals surface area (Å²) < 4.78 is 1.35. The van der Waals surface area contributed by atoms with Crippen LogP contribution in [0.1, 0.15) is 19.4 Å². The zero-order chi connectivity index (χ0) is 11.7. The molecule has 2 heterocycles. The van der Waals surface area contributed by atoms with E-state index in [9.17, 15) is 14.9 Å². The van der Waals surface area contributed by atoms with Gasteiger partial charge in [-0.2, -0.15) is 10.1 Å². The highest BCUT2D eigenvalue weighted by atomic mass is 16.6. The van der Waals surface area contributed by atoms with Gasteiger partial charge in [-0.1, -0.05) is 0 Å². The topological polar surface area (TPSA) is 103 Å². The zero-order valence-electron chi connectivity index (χ0n) is 8.45. The van der Waals surface area contributed by atoms with Gasteiger partial charge in [0.2, 0.25) is 5.95 Å². The minimum atomic E-state index is -0.689. The number of anilines is 1. The van der Waals surface area contributed by atoms with Gasteiger partial charge in [-0.05, 0) is 6.92 Å². The molecule has 0 amide bonds. The summed E-state index contributed by atoms with van der Waals surface area (Å²) in [5, 5.41) is 17.3. The zero-order valence-corrected chi connectivity index (χ0v) is 8.45. The number of ketones is 1. The molecule has 16 heavy (non-hydrogen) atoms. The number of hydrogen-bond acceptors (Lipinski definition) is 6. The molecule has 0 saturated carbocycles. The summed E-state index contributed by atoms with van der Waals surface area (Å²) in [6, 6.07) is -0.689. The number of aromatic nitrogens is 3. The quantitative estimate of drug-likeness (QED) is 0.585. The van der Waals surface area contributed by atoms with E-state index in [0.29, 0.717) is 5.95 Å². The van der Waals surface area contributed by atoms with Gasteiger partial charge in [-0.3, -0.25) is 14.9 Å². The summed E-state index contributed by atoms with van der Waals surface area (Å²) >= 11 is 0. The third-order valence-electron chi connectivity index (χ3n) is 2.25. The maximum atomic E-state index is 11.1. The lowest BCUT2D eigenvalue weighted by Crippen LogP contribution is -2.26. The van der Waals surface area contributed by atoms with E-state index in [0.717, 1.165) is 0 Å². The first-order chi connectivity index (χ1) is 7.59. The third-order valence-corrected chi connectivity index (χ3v) is 2.25. The molecular weight excluding hydrogens is 214 g/mol. The normalized spacial score (nSPS) is 18.3. The van der Waals surface area contributed by atoms with E-state index in [4.69, 9.17) is 0 Å². The van der Waals surface area contributed by atoms with E-state index in [1.165, 1.54) is 24.1 Å². The maximum Gasteiger partial charge on any atom is 0.287 e. The molecule has 0 fully saturated rings. The molecule has 0 aromatic carbocycles. The predicted molar refractivity (Wildman–Crippen MR) is 53.1 cm³/mol. The minimum Gasteiger partial charge on any atom is -0.325 e. The number of rotatable bonds is 3. The van der Waals surface area contributed by atoms with Gasteiger partial charge in [0, 0.05) is 6.42 Å². The molecule has 0 radical (unpaired) electrons. The van der Waals surface area contributed by atoms with Crippen molar-refractivity contribution in [2.75, 3.05) is 5.32 Å². The van der Waals surface area contributed by atoms with Crippen LogP contribution < -0.4 is 5.32 Å². The van der Waals surface area contributed by atoms with Crippen molar-refractivity contribution in [2.24, 2.45) is 0 Å². The van der Waals surface area contributed by atoms with Crippen LogP contribution in [-0.4, -0.2) is 25.5 Å². The fourth-order valence-corrected chi connectivity index (χ4v) is 1.58. The highest BCUT2D eigenvalue weighted by Crippen LogP contribution is 2.28. The number of hydrogen-bond donors (Lipinski definition) is 1. The molecule has 1 aliphatic rings. The first kappa shape index (κ1) is 10.3. The Hall–Kier alpha value is -2.25. The first-order valence-corrected chi connectivity index (χ1v) is 4.59. The second-order valence-corrected chi connectivity index (χ2v) is 3.42. The van der Waals surface area contributed by atoms with Crippen LogP contribution >= 0.6 is 0 Å². The minimum absolute atomic E-state index is 0.0326. The van der Waals surface area contributed by atoms with E-state index < -0.39 is 11.0 Å². The SMILES string of the molecule is CC(=O)CC1C([N+](=O)[O-])=CNc2ncnn21. The molecule has 1 N–H and O–H groups in total. The van der Waals surface area contributed by atoms with E-state index in [1.807, 2.05) is 0 Å². The molecule has 2 rings (SSSR count). The Morgan fingerprint density at radius 2 is 2.50 bits per heavy atom. The van der Waals surface area contributed by atoms with Crippen molar-refractivity contribution in [1.29, 1.82) is 0 Å². The van der Waals surface area contributed by atoms with Crippen LogP contribution in [0.2, 0.25) is 0 Å². The Balaban J connectivity index is 2.39. The van der Waals surface area contributed by atoms with Crippen LogP contribution in [0.5, 0.6) is 0 Å². The highest BCUT2D eigenvalue weighted by molar-refractivity contribution is 5.76. The van der Waals surface area contributed by atoms with Crippen molar-refractivity contribution in [3.8, 4) is 0 Å². The molecule has 0 saturated heterocycles. The summed E-state index contributed by atoms with van der Waals surface area (Å²) in [5.74, 6) is 0.262. The van der Waals surface area contributed by atoms with E-state index in [-0.39, 0.29) is 17.9 Å². The molecule has 1 aliphatic heterocycles. The average molecular weight is 223 g/mol. The molecule has 84 valence electrons. The third kappa shape index (κ3) is 1.64. The number of nitrogens with one attached hydrogen (secondary N) is 1. The van der Waals surface area contributed by atoms with E-state index >= 15 is 0 Å². The number of carbonyl (C=O) groups is 1. The molecule has 0 bridgehead atoms. The summed E-state index contributed by atoms with van der Waals surface area (Å²) in [5.41, 5.74) is -0.0896. The molecule has 1 unspecified atom stereocenters. The van der Waals surface area contributed by atoms with Gasteiger partial charge in [-0.25, -0.2) is 4.68 Å². The number of nitrogens with zero attached hydrogens (tertiary/aromatic N) is 4. The largest absolute Gasteiger partial charge is 0.325 e. The van der Waals surface area contributed by atoms with Gasteiger partial charge in [-0.15, -0.1) is 0 Å². The summed E-state index contributed by atoms with van der Waals surface area (Å²) in [6.45, 7) is 1.39. The number of fused-ring (bicyclic) bond motifs is 1. The fourth-order valence-electron chi connectivity index (χ4n) is 1.58. The van der Waals surface area contributed by atoms with Crippen LogP contribution in [-0.2, 0) is 4.79 Å². The molecule has 8 heteroatoms. The highest BCUT2D eigenvalue weighted by Gasteiger charge is 2.33. The van der Waals surface area contributed by atoms with Crippen molar-refractivity contribution in [2.45, 2.75) is 19.4 Å². The standard InChI is InChI=1S/C8H9N5O3/c1-5(14)2-6-7(13(15)16)3-9-8-10-4-11-12(6)8/h3-4,6H,2H2,1H3,(H,9,10,11). The Kier molecular flexibility index (Phi) is 2.39. The predicted octanol–water partition coefficient (Wildman–Crippen LogP) is 0.342. The van der Waals surface area contributed by atoms with Crippen LogP contribution in [0.3, 0.4) is 0 Å². The fraction of sp³-hybridized carbons (Fsp3) is 0.375. The summed E-state index contributed by atoms with van der Waals surface area (Å²) in [6.07, 6.45) is 2.56. The lowest BCUT2D eigenvalue weighted by Gasteiger charge is -2.19. The molecule has 1 atom stereocenters. The van der Waals surface area contributed by atoms with Gasteiger partial charge in [0.25, 0.3) is 5.70 Å². The Labute approximate surface area is 90.1 Å². The van der Waals surface area contributed by atoms with Crippen molar-refractivity contribution < 1.29 is 9.72 Å². The monoisotopic (exact) mass is 223 g/mol. The Morgan fingerprint density at radius 1 is 1.75 bits per heavy atom. The van der Waals surface area contributed by atoms with E-state index in [2.05, 4.69) is 15.4 Å². The molecule has 8 nitrogen and oxygen atoms in total. The van der Waals surface area contributed by atoms with Gasteiger partial charge in [0.15, 0.2) is 6.04 Å². The van der Waals surface area contributed by atoms with Crippen molar-refractivity contribution in [3.05, 3.63) is 28.3 Å².